The minimum Gasteiger partial charge on any atom is -0.490 e. The number of anilines is 1. The quantitative estimate of drug-likeness (QED) is 0.305. The number of aliphatic hydroxyl groups excluding tert-OH is 1. The number of benzene rings is 3. The number of sulfonamides is 2. The van der Waals surface area contributed by atoms with Gasteiger partial charge in [-0.1, -0.05) is 36.7 Å². The lowest BCUT2D eigenvalue weighted by Crippen LogP contribution is -2.48. The van der Waals surface area contributed by atoms with Crippen LogP contribution in [0.4, 0.5) is 5.69 Å². The molecule has 1 amide bonds. The number of ether oxygens (including phenoxy) is 2. The Kier molecular flexibility index (Phi) is 12.9. The van der Waals surface area contributed by atoms with Gasteiger partial charge in [0, 0.05) is 43.4 Å². The van der Waals surface area contributed by atoms with E-state index in [1.165, 1.54) is 64.8 Å². The summed E-state index contributed by atoms with van der Waals surface area (Å²) < 4.78 is 69.4. The maximum absolute atomic E-state index is 14.4. The van der Waals surface area contributed by atoms with Gasteiger partial charge in [-0.2, -0.15) is 4.31 Å². The number of likely N-dealkylation sites (N-methyl/N-ethyl adjacent to an activating group) is 1. The van der Waals surface area contributed by atoms with Gasteiger partial charge >= 0.3 is 0 Å². The van der Waals surface area contributed by atoms with Crippen LogP contribution in [-0.4, -0.2) is 88.7 Å². The van der Waals surface area contributed by atoms with Gasteiger partial charge in [-0.05, 0) is 87.7 Å². The predicted molar refractivity (Wildman–Crippen MR) is 185 cm³/mol. The van der Waals surface area contributed by atoms with Crippen LogP contribution in [0.25, 0.3) is 0 Å². The lowest BCUT2D eigenvalue weighted by molar-refractivity contribution is -0.00833. The molecule has 0 aliphatic carbocycles. The van der Waals surface area contributed by atoms with Crippen molar-refractivity contribution < 1.29 is 36.2 Å². The van der Waals surface area contributed by atoms with Crippen LogP contribution >= 0.6 is 11.6 Å². The van der Waals surface area contributed by atoms with Gasteiger partial charge < -0.3 is 19.5 Å². The molecule has 0 aromatic heterocycles. The number of carbonyl (C=O) groups excluding carboxylic acids is 1. The number of carbonyl (C=O) groups is 1. The van der Waals surface area contributed by atoms with Crippen molar-refractivity contribution in [1.82, 2.24) is 9.21 Å². The van der Waals surface area contributed by atoms with Gasteiger partial charge in [0.25, 0.3) is 15.9 Å². The van der Waals surface area contributed by atoms with Crippen LogP contribution in [0.3, 0.4) is 0 Å². The van der Waals surface area contributed by atoms with E-state index in [2.05, 4.69) is 4.72 Å². The fraction of sp³-hybridized carbons (Fsp3) is 0.441. The number of halogens is 1. The van der Waals surface area contributed by atoms with Crippen LogP contribution in [0.2, 0.25) is 5.02 Å². The van der Waals surface area contributed by atoms with Crippen molar-refractivity contribution in [2.45, 2.75) is 68.1 Å². The number of hydrogen-bond acceptors (Lipinski definition) is 8. The Balaban J connectivity index is 1.68. The van der Waals surface area contributed by atoms with Crippen molar-refractivity contribution in [2.24, 2.45) is 5.92 Å². The highest BCUT2D eigenvalue weighted by molar-refractivity contribution is 7.92. The van der Waals surface area contributed by atoms with Crippen molar-refractivity contribution in [3.8, 4) is 5.75 Å². The average molecular weight is 722 g/mol. The monoisotopic (exact) mass is 721 g/mol. The van der Waals surface area contributed by atoms with E-state index in [1.807, 2.05) is 13.8 Å². The van der Waals surface area contributed by atoms with Gasteiger partial charge in [0.1, 0.15) is 5.75 Å². The summed E-state index contributed by atoms with van der Waals surface area (Å²) in [5.74, 6) is -0.573. The smallest absolute Gasteiger partial charge is 0.261 e. The summed E-state index contributed by atoms with van der Waals surface area (Å²) in [6, 6.07) is 17.7. The molecule has 14 heteroatoms. The normalized spacial score (nSPS) is 20.8. The Morgan fingerprint density at radius 1 is 1.00 bits per heavy atom. The molecule has 48 heavy (non-hydrogen) atoms. The number of amides is 1. The lowest BCUT2D eigenvalue weighted by Gasteiger charge is -2.35. The van der Waals surface area contributed by atoms with Gasteiger partial charge in [0.15, 0.2) is 0 Å². The highest BCUT2D eigenvalue weighted by Gasteiger charge is 2.32. The number of nitrogens with one attached hydrogen (secondary N) is 1. The van der Waals surface area contributed by atoms with Gasteiger partial charge in [-0.3, -0.25) is 9.52 Å². The summed E-state index contributed by atoms with van der Waals surface area (Å²) >= 11 is 5.94. The predicted octanol–water partition coefficient (Wildman–Crippen LogP) is 5.26. The molecule has 0 bridgehead atoms. The molecule has 1 aliphatic rings. The van der Waals surface area contributed by atoms with E-state index in [0.717, 1.165) is 6.42 Å². The van der Waals surface area contributed by atoms with Gasteiger partial charge in [-0.15, -0.1) is 0 Å². The van der Waals surface area contributed by atoms with E-state index >= 15 is 0 Å². The lowest BCUT2D eigenvalue weighted by atomic mass is 10.0. The Hall–Kier alpha value is -3.20. The van der Waals surface area contributed by atoms with Crippen LogP contribution in [0, 0.1) is 5.92 Å². The molecular weight excluding hydrogens is 678 g/mol. The number of hydrogen-bond donors (Lipinski definition) is 2. The Bertz CT molecular complexity index is 1740. The summed E-state index contributed by atoms with van der Waals surface area (Å²) in [4.78, 5) is 16.0. The van der Waals surface area contributed by atoms with Crippen molar-refractivity contribution >= 4 is 43.2 Å². The summed E-state index contributed by atoms with van der Waals surface area (Å²) in [6.45, 7) is 5.66. The minimum absolute atomic E-state index is 0.00201. The van der Waals surface area contributed by atoms with Crippen molar-refractivity contribution in [2.75, 3.05) is 38.1 Å². The summed E-state index contributed by atoms with van der Waals surface area (Å²) in [7, 11) is -6.31. The fourth-order valence-electron chi connectivity index (χ4n) is 5.40. The van der Waals surface area contributed by atoms with Crippen LogP contribution in [0.1, 0.15) is 50.4 Å². The van der Waals surface area contributed by atoms with E-state index in [1.54, 1.807) is 31.2 Å². The maximum Gasteiger partial charge on any atom is 0.261 e. The molecular formula is C34H44ClN3O8S2. The molecule has 4 atom stereocenters. The summed E-state index contributed by atoms with van der Waals surface area (Å²) in [6.07, 6.45) is 1.26. The van der Waals surface area contributed by atoms with Crippen molar-refractivity contribution in [3.05, 3.63) is 83.4 Å². The summed E-state index contributed by atoms with van der Waals surface area (Å²) in [5.41, 5.74) is 0.261. The molecule has 262 valence electrons. The maximum atomic E-state index is 14.4. The van der Waals surface area contributed by atoms with Crippen LogP contribution in [-0.2, 0) is 24.8 Å². The zero-order chi connectivity index (χ0) is 35.1. The van der Waals surface area contributed by atoms with Gasteiger partial charge in [0.05, 0.1) is 40.2 Å². The molecule has 2 N–H and O–H groups in total. The zero-order valence-corrected chi connectivity index (χ0v) is 30.0. The SMILES string of the molecule is C[C@H](CO)N1C[C@H](C)[C@H](CN(C)S(=O)(=O)c2ccccc2)OCCCC[C@H](C)Oc2ccc(NS(=O)(=O)c3ccc(Cl)cc3)cc2C1=O. The molecule has 1 aliphatic heterocycles. The van der Waals surface area contributed by atoms with E-state index < -0.39 is 38.1 Å². The molecule has 0 saturated carbocycles. The third kappa shape index (κ3) is 9.48. The minimum atomic E-state index is -4.01. The first-order valence-corrected chi connectivity index (χ1v) is 19.2. The third-order valence-corrected chi connectivity index (χ3v) is 11.8. The van der Waals surface area contributed by atoms with Gasteiger partial charge in [-0.25, -0.2) is 16.8 Å². The second-order valence-corrected chi connectivity index (χ2v) is 16.3. The third-order valence-electron chi connectivity index (χ3n) is 8.32. The van der Waals surface area contributed by atoms with E-state index in [-0.39, 0.29) is 58.5 Å². The van der Waals surface area contributed by atoms with Crippen LogP contribution < -0.4 is 9.46 Å². The summed E-state index contributed by atoms with van der Waals surface area (Å²) in [5, 5.41) is 10.6. The van der Waals surface area contributed by atoms with E-state index in [9.17, 15) is 26.7 Å². The van der Waals surface area contributed by atoms with Crippen LogP contribution in [0.5, 0.6) is 5.75 Å². The number of fused-ring (bicyclic) bond motifs is 1. The second kappa shape index (κ2) is 16.5. The first kappa shape index (κ1) is 37.6. The van der Waals surface area contributed by atoms with E-state index in [0.29, 0.717) is 24.5 Å². The molecule has 3 aromatic carbocycles. The van der Waals surface area contributed by atoms with Gasteiger partial charge in [0.2, 0.25) is 10.0 Å². The number of rotatable bonds is 9. The molecule has 0 saturated heterocycles. The molecule has 4 rings (SSSR count). The standard InChI is InChI=1S/C34H44ClN3O8S2/c1-24-21-38(25(2)23-39)34(40)31-20-28(36-47(41,42)29-16-13-27(35)14-17-29)15-18-32(31)46-26(3)10-8-9-19-45-33(24)22-37(4)48(43,44)30-11-6-5-7-12-30/h5-7,11-18,20,24-26,33,36,39H,8-10,19,21-23H2,1-4H3/t24-,25+,26-,33-/m0/s1. The van der Waals surface area contributed by atoms with Crippen molar-refractivity contribution in [1.29, 1.82) is 0 Å². The largest absolute Gasteiger partial charge is 0.490 e. The topological polar surface area (TPSA) is 143 Å². The van der Waals surface area contributed by atoms with E-state index in [4.69, 9.17) is 21.1 Å². The second-order valence-electron chi connectivity index (χ2n) is 12.2. The Morgan fingerprint density at radius 3 is 2.35 bits per heavy atom. The average Bonchev–Trinajstić information content (AvgIpc) is 3.06. The Labute approximate surface area is 288 Å². The highest BCUT2D eigenvalue weighted by atomic mass is 35.5. The highest BCUT2D eigenvalue weighted by Crippen LogP contribution is 2.30. The fourth-order valence-corrected chi connectivity index (χ4v) is 7.78. The molecule has 0 radical (unpaired) electrons. The molecule has 0 spiro atoms. The first-order chi connectivity index (χ1) is 22.7. The molecule has 11 nitrogen and oxygen atoms in total. The first-order valence-electron chi connectivity index (χ1n) is 15.9. The molecule has 0 unspecified atom stereocenters. The Morgan fingerprint density at radius 2 is 1.69 bits per heavy atom. The molecule has 0 fully saturated rings. The number of nitrogens with zero attached hydrogens (tertiary/aromatic N) is 2. The number of aliphatic hydroxyl groups is 1. The van der Waals surface area contributed by atoms with Crippen molar-refractivity contribution in [3.63, 3.8) is 0 Å². The molecule has 3 aromatic rings. The molecule has 1 heterocycles. The zero-order valence-electron chi connectivity index (χ0n) is 27.6. The van der Waals surface area contributed by atoms with Crippen LogP contribution in [0.15, 0.2) is 82.6 Å².